The van der Waals surface area contributed by atoms with Crippen LogP contribution >= 0.6 is 0 Å². The van der Waals surface area contributed by atoms with Crippen molar-refractivity contribution in [1.82, 2.24) is 9.47 Å². The van der Waals surface area contributed by atoms with Crippen molar-refractivity contribution in [3.05, 3.63) is 47.7 Å². The minimum atomic E-state index is 0.246. The van der Waals surface area contributed by atoms with Crippen LogP contribution in [0.25, 0.3) is 10.9 Å². The Morgan fingerprint density at radius 1 is 0.952 bits per heavy atom. The molecule has 2 aromatic rings. The van der Waals surface area contributed by atoms with Crippen molar-refractivity contribution in [3.8, 4) is 0 Å². The lowest BCUT2D eigenvalue weighted by Crippen LogP contribution is -2.38. The number of hydrogen-bond acceptors (Lipinski definition) is 1. The third-order valence-corrected chi connectivity index (χ3v) is 4.71. The van der Waals surface area contributed by atoms with Crippen molar-refractivity contribution in [2.24, 2.45) is 0 Å². The van der Waals surface area contributed by atoms with E-state index in [0.717, 1.165) is 31.4 Å². The van der Waals surface area contributed by atoms with Gasteiger partial charge in [-0.25, -0.2) is 0 Å². The molecule has 1 saturated heterocycles. The molecule has 1 aliphatic heterocycles. The Balaban J connectivity index is 1.45. The molecule has 0 N–H and O–H groups in total. The van der Waals surface area contributed by atoms with Crippen molar-refractivity contribution >= 4 is 16.8 Å². The zero-order valence-corrected chi connectivity index (χ0v) is 12.2. The van der Waals surface area contributed by atoms with E-state index in [9.17, 15) is 4.79 Å². The number of fused-ring (bicyclic) bond motifs is 1. The van der Waals surface area contributed by atoms with Crippen molar-refractivity contribution in [2.45, 2.75) is 32.2 Å². The van der Waals surface area contributed by atoms with Gasteiger partial charge in [0.25, 0.3) is 0 Å². The number of piperidine rings is 1. The van der Waals surface area contributed by atoms with E-state index in [2.05, 4.69) is 22.8 Å². The first kappa shape index (κ1) is 12.7. The van der Waals surface area contributed by atoms with E-state index in [0.29, 0.717) is 6.54 Å². The molecule has 0 unspecified atom stereocenters. The quantitative estimate of drug-likeness (QED) is 0.774. The van der Waals surface area contributed by atoms with E-state index < -0.39 is 0 Å². The van der Waals surface area contributed by atoms with Crippen LogP contribution < -0.4 is 0 Å². The molecule has 1 aromatic heterocycles. The highest BCUT2D eigenvalue weighted by Crippen LogP contribution is 2.36. The summed E-state index contributed by atoms with van der Waals surface area (Å²) in [5, 5.41) is 1.20. The number of likely N-dealkylation sites (tertiary alicyclic amines) is 1. The third kappa shape index (κ3) is 2.48. The molecular formula is C18H20N2O. The number of rotatable bonds is 2. The molecule has 0 atom stereocenters. The molecule has 3 nitrogen and oxygen atoms in total. The fourth-order valence-electron chi connectivity index (χ4n) is 3.32. The zero-order chi connectivity index (χ0) is 14.2. The second kappa shape index (κ2) is 5.06. The Kier molecular flexibility index (Phi) is 3.06. The summed E-state index contributed by atoms with van der Waals surface area (Å²) >= 11 is 0. The number of allylic oxidation sites excluding steroid dienone is 1. The maximum absolute atomic E-state index is 12.5. The topological polar surface area (TPSA) is 25.2 Å². The Morgan fingerprint density at radius 2 is 1.67 bits per heavy atom. The Morgan fingerprint density at radius 3 is 2.43 bits per heavy atom. The van der Waals surface area contributed by atoms with Gasteiger partial charge in [-0.05, 0) is 43.2 Å². The molecule has 4 rings (SSSR count). The Hall–Kier alpha value is -2.03. The molecule has 1 saturated carbocycles. The number of nitrogens with zero attached hydrogens (tertiary/aromatic N) is 2. The van der Waals surface area contributed by atoms with E-state index >= 15 is 0 Å². The lowest BCUT2D eigenvalue weighted by Gasteiger charge is -2.29. The minimum absolute atomic E-state index is 0.246. The molecular weight excluding hydrogens is 260 g/mol. The second-order valence-electron chi connectivity index (χ2n) is 6.09. The molecule has 0 spiro atoms. The van der Waals surface area contributed by atoms with Crippen LogP contribution in [0, 0.1) is 0 Å². The Labute approximate surface area is 124 Å². The molecule has 1 aliphatic carbocycles. The van der Waals surface area contributed by atoms with E-state index in [1.165, 1.54) is 18.2 Å². The van der Waals surface area contributed by atoms with Gasteiger partial charge in [0.1, 0.15) is 6.54 Å². The van der Waals surface area contributed by atoms with Crippen molar-refractivity contribution < 1.29 is 4.79 Å². The summed E-state index contributed by atoms with van der Waals surface area (Å²) in [5.41, 5.74) is 4.44. The van der Waals surface area contributed by atoms with Crippen molar-refractivity contribution in [1.29, 1.82) is 0 Å². The van der Waals surface area contributed by atoms with Gasteiger partial charge in [0.2, 0.25) is 5.91 Å². The van der Waals surface area contributed by atoms with Crippen LogP contribution in [0.15, 0.2) is 47.7 Å². The van der Waals surface area contributed by atoms with Crippen molar-refractivity contribution in [2.75, 3.05) is 13.1 Å². The monoisotopic (exact) mass is 280 g/mol. The first-order valence-corrected chi connectivity index (χ1v) is 7.83. The number of carbonyl (C=O) groups excluding carboxylic acids is 1. The first-order valence-electron chi connectivity index (χ1n) is 7.83. The molecule has 21 heavy (non-hydrogen) atoms. The Bertz CT molecular complexity index is 710. The van der Waals surface area contributed by atoms with Gasteiger partial charge in [-0.15, -0.1) is 0 Å². The molecule has 1 aromatic carbocycles. The van der Waals surface area contributed by atoms with Gasteiger partial charge < -0.3 is 9.47 Å². The van der Waals surface area contributed by atoms with Gasteiger partial charge >= 0.3 is 0 Å². The summed E-state index contributed by atoms with van der Waals surface area (Å²) in [6.07, 6.45) is 6.81. The van der Waals surface area contributed by atoms with Gasteiger partial charge in [-0.3, -0.25) is 4.79 Å². The van der Waals surface area contributed by atoms with Crippen LogP contribution in [-0.2, 0) is 11.3 Å². The lowest BCUT2D eigenvalue weighted by atomic mass is 10.0. The smallest absolute Gasteiger partial charge is 0.242 e. The fourth-order valence-corrected chi connectivity index (χ4v) is 3.32. The van der Waals surface area contributed by atoms with Gasteiger partial charge in [-0.2, -0.15) is 0 Å². The highest BCUT2D eigenvalue weighted by molar-refractivity contribution is 5.83. The van der Waals surface area contributed by atoms with Gasteiger partial charge in [0.15, 0.2) is 0 Å². The lowest BCUT2D eigenvalue weighted by molar-refractivity contribution is -0.132. The van der Waals surface area contributed by atoms with Gasteiger partial charge in [0, 0.05) is 24.8 Å². The van der Waals surface area contributed by atoms with E-state index in [-0.39, 0.29) is 5.91 Å². The summed E-state index contributed by atoms with van der Waals surface area (Å²) in [6.45, 7) is 2.26. The summed E-state index contributed by atoms with van der Waals surface area (Å²) in [4.78, 5) is 14.5. The van der Waals surface area contributed by atoms with Crippen LogP contribution in [0.1, 0.15) is 25.7 Å². The molecule has 2 heterocycles. The summed E-state index contributed by atoms with van der Waals surface area (Å²) < 4.78 is 2.06. The summed E-state index contributed by atoms with van der Waals surface area (Å²) in [5.74, 6) is 0.246. The minimum Gasteiger partial charge on any atom is -0.341 e. The third-order valence-electron chi connectivity index (χ3n) is 4.71. The molecule has 2 aliphatic rings. The standard InChI is InChI=1S/C18H20N2O/c21-18(19-10-7-15(8-11-19)14-5-6-14)13-20-12-9-16-3-1-2-4-17(16)20/h1-4,9,12H,5-8,10-11,13H2. The fraction of sp³-hybridized carbons (Fsp3) is 0.389. The molecule has 0 radical (unpaired) electrons. The number of aromatic nitrogens is 1. The highest BCUT2D eigenvalue weighted by Gasteiger charge is 2.24. The molecule has 3 heteroatoms. The van der Waals surface area contributed by atoms with E-state index in [4.69, 9.17) is 0 Å². The van der Waals surface area contributed by atoms with Crippen LogP contribution in [0.4, 0.5) is 0 Å². The van der Waals surface area contributed by atoms with Crippen LogP contribution in [-0.4, -0.2) is 28.5 Å². The maximum Gasteiger partial charge on any atom is 0.242 e. The van der Waals surface area contributed by atoms with Gasteiger partial charge in [-0.1, -0.05) is 29.3 Å². The normalized spacial score (nSPS) is 18.4. The van der Waals surface area contributed by atoms with Crippen molar-refractivity contribution in [3.63, 3.8) is 0 Å². The largest absolute Gasteiger partial charge is 0.341 e. The highest BCUT2D eigenvalue weighted by atomic mass is 16.2. The van der Waals surface area contributed by atoms with E-state index in [1.54, 1.807) is 11.1 Å². The number of carbonyl (C=O) groups is 1. The number of hydrogen-bond donors (Lipinski definition) is 0. The maximum atomic E-state index is 12.5. The average Bonchev–Trinajstić information content (AvgIpc) is 3.30. The predicted molar refractivity (Wildman–Crippen MR) is 84.0 cm³/mol. The summed E-state index contributed by atoms with van der Waals surface area (Å²) in [7, 11) is 0. The molecule has 1 amide bonds. The number of para-hydroxylation sites is 1. The molecule has 108 valence electrons. The van der Waals surface area contributed by atoms with Crippen LogP contribution in [0.3, 0.4) is 0 Å². The number of benzene rings is 1. The SMILES string of the molecule is O=C(Cn1ccc2ccccc21)N1CCC(=C2CC2)CC1. The second-order valence-corrected chi connectivity index (χ2v) is 6.09. The number of amides is 1. The van der Waals surface area contributed by atoms with Gasteiger partial charge in [0.05, 0.1) is 0 Å². The molecule has 2 fully saturated rings. The van der Waals surface area contributed by atoms with Crippen LogP contribution in [0.2, 0.25) is 0 Å². The predicted octanol–water partition coefficient (Wildman–Crippen LogP) is 3.35. The first-order chi connectivity index (χ1) is 10.3. The summed E-state index contributed by atoms with van der Waals surface area (Å²) in [6, 6.07) is 10.3. The molecule has 0 bridgehead atoms. The zero-order valence-electron chi connectivity index (χ0n) is 12.2. The average molecular weight is 280 g/mol. The van der Waals surface area contributed by atoms with Crippen LogP contribution in [0.5, 0.6) is 0 Å². The van der Waals surface area contributed by atoms with E-state index in [1.807, 2.05) is 23.2 Å².